The molecule has 0 aliphatic heterocycles. The predicted octanol–water partition coefficient (Wildman–Crippen LogP) is 4.56. The first-order valence-corrected chi connectivity index (χ1v) is 6.73. The Morgan fingerprint density at radius 1 is 1.21 bits per heavy atom. The van der Waals surface area contributed by atoms with Crippen LogP contribution in [0.3, 0.4) is 0 Å². The fourth-order valence-electron chi connectivity index (χ4n) is 1.96. The second-order valence-corrected chi connectivity index (χ2v) is 4.88. The van der Waals surface area contributed by atoms with Crippen LogP contribution in [0.15, 0.2) is 46.9 Å². The Labute approximate surface area is 120 Å². The van der Waals surface area contributed by atoms with Crippen molar-refractivity contribution in [1.82, 2.24) is 0 Å². The van der Waals surface area contributed by atoms with Gasteiger partial charge >= 0.3 is 0 Å². The van der Waals surface area contributed by atoms with Gasteiger partial charge in [-0.05, 0) is 53.2 Å². The zero-order chi connectivity index (χ0) is 13.8. The number of hydrogen-bond acceptors (Lipinski definition) is 2. The SMILES string of the molecule is CCN(c1ccccc1F)c1ccc(C=O)cc1Br. The fraction of sp³-hybridized carbons (Fsp3) is 0.133. The van der Waals surface area contributed by atoms with Crippen LogP contribution in [-0.2, 0) is 0 Å². The van der Waals surface area contributed by atoms with E-state index >= 15 is 0 Å². The van der Waals surface area contributed by atoms with Gasteiger partial charge in [0.2, 0.25) is 0 Å². The zero-order valence-corrected chi connectivity index (χ0v) is 12.0. The van der Waals surface area contributed by atoms with Crippen molar-refractivity contribution in [2.24, 2.45) is 0 Å². The second-order valence-electron chi connectivity index (χ2n) is 4.02. The first-order chi connectivity index (χ1) is 9.17. The number of anilines is 2. The van der Waals surface area contributed by atoms with E-state index in [2.05, 4.69) is 15.9 Å². The Balaban J connectivity index is 2.48. The average Bonchev–Trinajstić information content (AvgIpc) is 2.43. The van der Waals surface area contributed by atoms with Crippen LogP contribution in [0.2, 0.25) is 0 Å². The molecule has 4 heteroatoms. The summed E-state index contributed by atoms with van der Waals surface area (Å²) in [6.45, 7) is 2.58. The number of nitrogens with zero attached hydrogens (tertiary/aromatic N) is 1. The maximum atomic E-state index is 13.9. The molecule has 0 amide bonds. The van der Waals surface area contributed by atoms with Gasteiger partial charge < -0.3 is 4.90 Å². The summed E-state index contributed by atoms with van der Waals surface area (Å²) in [4.78, 5) is 12.6. The number of aldehydes is 1. The molecule has 0 bridgehead atoms. The maximum Gasteiger partial charge on any atom is 0.150 e. The van der Waals surface area contributed by atoms with Crippen LogP contribution in [0, 0.1) is 5.82 Å². The lowest BCUT2D eigenvalue weighted by atomic mass is 10.2. The molecule has 0 atom stereocenters. The Morgan fingerprint density at radius 3 is 2.53 bits per heavy atom. The van der Waals surface area contributed by atoms with Crippen molar-refractivity contribution >= 4 is 33.6 Å². The van der Waals surface area contributed by atoms with Crippen molar-refractivity contribution in [3.8, 4) is 0 Å². The van der Waals surface area contributed by atoms with Crippen molar-refractivity contribution in [2.75, 3.05) is 11.4 Å². The van der Waals surface area contributed by atoms with Crippen molar-refractivity contribution in [2.45, 2.75) is 6.92 Å². The molecule has 19 heavy (non-hydrogen) atoms. The lowest BCUT2D eigenvalue weighted by Gasteiger charge is -2.25. The summed E-state index contributed by atoms with van der Waals surface area (Å²) < 4.78 is 14.6. The van der Waals surface area contributed by atoms with Crippen LogP contribution >= 0.6 is 15.9 Å². The van der Waals surface area contributed by atoms with Crippen molar-refractivity contribution in [3.05, 3.63) is 58.3 Å². The standard InChI is InChI=1S/C15H13BrFNO/c1-2-18(15-6-4-3-5-13(15)17)14-8-7-11(10-19)9-12(14)16/h3-10H,2H2,1H3. The maximum absolute atomic E-state index is 13.9. The molecule has 2 aromatic carbocycles. The molecule has 0 unspecified atom stereocenters. The molecule has 0 radical (unpaired) electrons. The Bertz CT molecular complexity index is 600. The number of hydrogen-bond donors (Lipinski definition) is 0. The highest BCUT2D eigenvalue weighted by Gasteiger charge is 2.14. The molecular weight excluding hydrogens is 309 g/mol. The zero-order valence-electron chi connectivity index (χ0n) is 10.4. The molecule has 0 aliphatic carbocycles. The van der Waals surface area contributed by atoms with Gasteiger partial charge in [-0.25, -0.2) is 4.39 Å². The number of rotatable bonds is 4. The average molecular weight is 322 g/mol. The molecule has 0 N–H and O–H groups in total. The fourth-order valence-corrected chi connectivity index (χ4v) is 2.57. The van der Waals surface area contributed by atoms with Gasteiger partial charge in [-0.15, -0.1) is 0 Å². The Morgan fingerprint density at radius 2 is 1.95 bits per heavy atom. The van der Waals surface area contributed by atoms with Gasteiger partial charge in [-0.1, -0.05) is 12.1 Å². The number of carbonyl (C=O) groups excluding carboxylic acids is 1. The molecule has 0 fully saturated rings. The molecule has 0 heterocycles. The summed E-state index contributed by atoms with van der Waals surface area (Å²) in [5, 5.41) is 0. The second kappa shape index (κ2) is 5.97. The third kappa shape index (κ3) is 2.84. The molecule has 2 rings (SSSR count). The first kappa shape index (κ1) is 13.7. The summed E-state index contributed by atoms with van der Waals surface area (Å²) >= 11 is 3.43. The quantitative estimate of drug-likeness (QED) is 0.769. The van der Waals surface area contributed by atoms with Gasteiger partial charge in [-0.3, -0.25) is 4.79 Å². The highest BCUT2D eigenvalue weighted by molar-refractivity contribution is 9.10. The number of halogens is 2. The minimum atomic E-state index is -0.268. The Hall–Kier alpha value is -1.68. The normalized spacial score (nSPS) is 10.3. The summed E-state index contributed by atoms with van der Waals surface area (Å²) in [6.07, 6.45) is 0.786. The largest absolute Gasteiger partial charge is 0.338 e. The van der Waals surface area contributed by atoms with E-state index in [0.29, 0.717) is 17.8 Å². The van der Waals surface area contributed by atoms with Gasteiger partial charge in [0, 0.05) is 16.6 Å². The van der Waals surface area contributed by atoms with Crippen LogP contribution in [0.1, 0.15) is 17.3 Å². The summed E-state index contributed by atoms with van der Waals surface area (Å²) in [5.41, 5.74) is 1.93. The molecule has 2 aromatic rings. The van der Waals surface area contributed by atoms with Crippen LogP contribution in [-0.4, -0.2) is 12.8 Å². The number of para-hydroxylation sites is 1. The monoisotopic (exact) mass is 321 g/mol. The van der Waals surface area contributed by atoms with Gasteiger partial charge in [-0.2, -0.15) is 0 Å². The molecule has 0 aromatic heterocycles. The van der Waals surface area contributed by atoms with Crippen LogP contribution in [0.25, 0.3) is 0 Å². The smallest absolute Gasteiger partial charge is 0.150 e. The van der Waals surface area contributed by atoms with E-state index in [1.165, 1.54) is 6.07 Å². The van der Waals surface area contributed by atoms with Crippen molar-refractivity contribution in [1.29, 1.82) is 0 Å². The van der Waals surface area contributed by atoms with Crippen LogP contribution in [0.5, 0.6) is 0 Å². The van der Waals surface area contributed by atoms with Crippen LogP contribution in [0.4, 0.5) is 15.8 Å². The van der Waals surface area contributed by atoms with E-state index in [1.807, 2.05) is 17.9 Å². The van der Waals surface area contributed by atoms with E-state index in [0.717, 1.165) is 16.4 Å². The van der Waals surface area contributed by atoms with E-state index in [4.69, 9.17) is 0 Å². The van der Waals surface area contributed by atoms with Crippen molar-refractivity contribution in [3.63, 3.8) is 0 Å². The summed E-state index contributed by atoms with van der Waals surface area (Å²) in [5.74, 6) is -0.268. The van der Waals surface area contributed by atoms with E-state index in [1.54, 1.807) is 30.3 Å². The number of carbonyl (C=O) groups is 1. The van der Waals surface area contributed by atoms with Gasteiger partial charge in [0.15, 0.2) is 0 Å². The molecule has 0 spiro atoms. The lowest BCUT2D eigenvalue weighted by Crippen LogP contribution is -2.17. The van der Waals surface area contributed by atoms with E-state index < -0.39 is 0 Å². The summed E-state index contributed by atoms with van der Waals surface area (Å²) in [6, 6.07) is 11.9. The summed E-state index contributed by atoms with van der Waals surface area (Å²) in [7, 11) is 0. The molecule has 98 valence electrons. The van der Waals surface area contributed by atoms with Gasteiger partial charge in [0.05, 0.1) is 11.4 Å². The van der Waals surface area contributed by atoms with E-state index in [-0.39, 0.29) is 5.82 Å². The topological polar surface area (TPSA) is 20.3 Å². The van der Waals surface area contributed by atoms with Crippen molar-refractivity contribution < 1.29 is 9.18 Å². The minimum Gasteiger partial charge on any atom is -0.338 e. The lowest BCUT2D eigenvalue weighted by molar-refractivity contribution is 0.112. The number of benzene rings is 2. The predicted molar refractivity (Wildman–Crippen MR) is 78.6 cm³/mol. The molecule has 2 nitrogen and oxygen atoms in total. The molecule has 0 saturated carbocycles. The van der Waals surface area contributed by atoms with Crippen LogP contribution < -0.4 is 4.90 Å². The minimum absolute atomic E-state index is 0.268. The third-order valence-corrected chi connectivity index (χ3v) is 3.49. The van der Waals surface area contributed by atoms with Gasteiger partial charge in [0.25, 0.3) is 0 Å². The Kier molecular flexibility index (Phi) is 4.32. The highest BCUT2D eigenvalue weighted by Crippen LogP contribution is 2.33. The molecule has 0 aliphatic rings. The third-order valence-electron chi connectivity index (χ3n) is 2.86. The van der Waals surface area contributed by atoms with E-state index in [9.17, 15) is 9.18 Å². The molecular formula is C15H13BrFNO. The highest BCUT2D eigenvalue weighted by atomic mass is 79.9. The van der Waals surface area contributed by atoms with Gasteiger partial charge in [0.1, 0.15) is 12.1 Å². The first-order valence-electron chi connectivity index (χ1n) is 5.94. The molecule has 0 saturated heterocycles.